The number of ether oxygens (including phenoxy) is 1. The summed E-state index contributed by atoms with van der Waals surface area (Å²) in [7, 11) is 0.778. The average molecular weight is 251 g/mol. The summed E-state index contributed by atoms with van der Waals surface area (Å²) in [6, 6.07) is 0. The minimum atomic E-state index is -0.237. The van der Waals surface area contributed by atoms with Gasteiger partial charge in [0.25, 0.3) is 0 Å². The fourth-order valence-electron chi connectivity index (χ4n) is 0.940. The van der Waals surface area contributed by atoms with Gasteiger partial charge in [0.15, 0.2) is 0 Å². The number of carbonyl (C=O) groups is 1. The lowest BCUT2D eigenvalue weighted by Crippen LogP contribution is -2.07. The van der Waals surface area contributed by atoms with Gasteiger partial charge < -0.3 is 4.74 Å². The van der Waals surface area contributed by atoms with Gasteiger partial charge in [0.05, 0.1) is 6.61 Å². The highest BCUT2D eigenvalue weighted by molar-refractivity contribution is 6.80. The highest BCUT2D eigenvalue weighted by atomic mass is 35.6. The van der Waals surface area contributed by atoms with E-state index in [4.69, 9.17) is 15.8 Å². The monoisotopic (exact) mass is 250 g/mol. The van der Waals surface area contributed by atoms with E-state index in [-0.39, 0.29) is 5.97 Å². The van der Waals surface area contributed by atoms with Crippen LogP contribution in [0.25, 0.3) is 0 Å². The Labute approximate surface area is 101 Å². The second kappa shape index (κ2) is 13.7. The van der Waals surface area contributed by atoms with Crippen LogP contribution in [0.2, 0.25) is 0 Å². The van der Waals surface area contributed by atoms with E-state index in [9.17, 15) is 4.79 Å². The second-order valence-corrected chi connectivity index (χ2v) is 3.15. The summed E-state index contributed by atoms with van der Waals surface area (Å²) in [6.45, 7) is 8.21. The quantitative estimate of drug-likeness (QED) is 0.228. The van der Waals surface area contributed by atoms with E-state index >= 15 is 0 Å². The van der Waals surface area contributed by atoms with Crippen LogP contribution in [0.3, 0.4) is 0 Å². The Kier molecular flexibility index (Phi) is 15.7. The Bertz CT molecular complexity index is 172. The van der Waals surface area contributed by atoms with E-state index in [0.29, 0.717) is 18.6 Å². The molecule has 0 unspecified atom stereocenters. The molecular weight excluding hydrogens is 228 g/mol. The highest BCUT2D eigenvalue weighted by Crippen LogP contribution is 2.03. The molecule has 0 fully saturated rings. The van der Waals surface area contributed by atoms with Crippen molar-refractivity contribution in [3.63, 3.8) is 0 Å². The van der Waals surface area contributed by atoms with E-state index in [1.54, 1.807) is 0 Å². The normalized spacial score (nSPS) is 9.00. The summed E-state index contributed by atoms with van der Waals surface area (Å²) in [4.78, 5) is 11.1. The molecule has 0 N–H and O–H groups in total. The van der Waals surface area contributed by atoms with Gasteiger partial charge in [-0.3, -0.25) is 0 Å². The van der Waals surface area contributed by atoms with Crippen molar-refractivity contribution in [2.24, 2.45) is 0 Å². The number of esters is 1. The molecule has 0 amide bonds. The van der Waals surface area contributed by atoms with Crippen molar-refractivity contribution in [3.05, 3.63) is 12.2 Å². The molecule has 0 radical (unpaired) electrons. The molecule has 0 heterocycles. The molecule has 0 rings (SSSR count). The molecule has 15 heavy (non-hydrogen) atoms. The van der Waals surface area contributed by atoms with E-state index in [0.717, 1.165) is 22.4 Å². The van der Waals surface area contributed by atoms with Gasteiger partial charge in [-0.2, -0.15) is 11.1 Å². The molecule has 0 aromatic heterocycles. The molecule has 0 atom stereocenters. The third kappa shape index (κ3) is 11.6. The molecule has 0 saturated heterocycles. The van der Waals surface area contributed by atoms with E-state index in [2.05, 4.69) is 13.5 Å². The van der Waals surface area contributed by atoms with Gasteiger partial charge >= 0.3 is 5.97 Å². The minimum Gasteiger partial charge on any atom is -0.462 e. The lowest BCUT2D eigenvalue weighted by atomic mass is 10.2. The molecule has 0 aromatic rings. The van der Waals surface area contributed by atoms with Gasteiger partial charge in [0.1, 0.15) is 9.55 Å². The fraction of sp³-hybridized carbons (Fsp3) is 0.727. The number of hydrogen-bond acceptors (Lipinski definition) is 2. The second-order valence-electron chi connectivity index (χ2n) is 3.15. The molecular formula is C11H23ClO2Si. The number of halogens is 1. The first-order valence-electron chi connectivity index (χ1n) is 5.45. The van der Waals surface area contributed by atoms with Crippen LogP contribution in [-0.4, -0.2) is 22.1 Å². The Hall–Kier alpha value is -0.283. The maximum atomic E-state index is 11.1. The van der Waals surface area contributed by atoms with Gasteiger partial charge in [-0.1, -0.05) is 39.7 Å². The standard InChI is InChI=1S/C11H20O2.ClH3Si/c1-4-6-7-8-9-13-11(12)10(3)5-2;1-2/h3-9H2,1-2H3;2H3. The summed E-state index contributed by atoms with van der Waals surface area (Å²) in [5, 5.41) is 0. The molecule has 0 aliphatic heterocycles. The van der Waals surface area contributed by atoms with Crippen molar-refractivity contribution < 1.29 is 9.53 Å². The molecule has 0 aromatic carbocycles. The van der Waals surface area contributed by atoms with Gasteiger partial charge in [-0.25, -0.2) is 4.79 Å². The first kappa shape index (κ1) is 17.1. The van der Waals surface area contributed by atoms with Crippen LogP contribution in [-0.2, 0) is 9.53 Å². The molecule has 0 spiro atoms. The zero-order valence-electron chi connectivity index (χ0n) is 10.1. The third-order valence-electron chi connectivity index (χ3n) is 1.95. The van der Waals surface area contributed by atoms with Crippen LogP contribution in [0.1, 0.15) is 46.0 Å². The summed E-state index contributed by atoms with van der Waals surface area (Å²) in [5.41, 5.74) is 0.565. The maximum absolute atomic E-state index is 11.1. The highest BCUT2D eigenvalue weighted by Gasteiger charge is 2.04. The lowest BCUT2D eigenvalue weighted by molar-refractivity contribution is -0.139. The Morgan fingerprint density at radius 2 is 1.87 bits per heavy atom. The summed E-state index contributed by atoms with van der Waals surface area (Å²) >= 11 is 4.78. The lowest BCUT2D eigenvalue weighted by Gasteiger charge is -2.04. The van der Waals surface area contributed by atoms with Crippen LogP contribution in [0.5, 0.6) is 0 Å². The summed E-state index contributed by atoms with van der Waals surface area (Å²) < 4.78 is 5.00. The zero-order valence-corrected chi connectivity index (χ0v) is 12.9. The van der Waals surface area contributed by atoms with Crippen molar-refractivity contribution in [1.29, 1.82) is 0 Å². The van der Waals surface area contributed by atoms with Crippen LogP contribution in [0, 0.1) is 0 Å². The smallest absolute Gasteiger partial charge is 0.333 e. The Morgan fingerprint density at radius 1 is 1.27 bits per heavy atom. The Balaban J connectivity index is 0. The van der Waals surface area contributed by atoms with Gasteiger partial charge in [-0.05, 0) is 12.8 Å². The first-order chi connectivity index (χ1) is 7.22. The fourth-order valence-corrected chi connectivity index (χ4v) is 0.940. The van der Waals surface area contributed by atoms with Gasteiger partial charge in [0, 0.05) is 5.57 Å². The Morgan fingerprint density at radius 3 is 2.33 bits per heavy atom. The van der Waals surface area contributed by atoms with E-state index < -0.39 is 0 Å². The van der Waals surface area contributed by atoms with Crippen molar-refractivity contribution in [2.45, 2.75) is 46.0 Å². The molecule has 90 valence electrons. The maximum Gasteiger partial charge on any atom is 0.333 e. The topological polar surface area (TPSA) is 26.3 Å². The third-order valence-corrected chi connectivity index (χ3v) is 1.95. The molecule has 0 aliphatic rings. The first-order valence-corrected chi connectivity index (χ1v) is 8.47. The van der Waals surface area contributed by atoms with Crippen molar-refractivity contribution >= 4 is 26.6 Å². The minimum absolute atomic E-state index is 0.237. The number of carbonyl (C=O) groups excluding carboxylic acids is 1. The van der Waals surface area contributed by atoms with Crippen LogP contribution < -0.4 is 0 Å². The van der Waals surface area contributed by atoms with Crippen LogP contribution in [0.4, 0.5) is 0 Å². The average Bonchev–Trinajstić information content (AvgIpc) is 2.30. The molecule has 0 aliphatic carbocycles. The number of hydrogen-bond donors (Lipinski definition) is 0. The molecule has 4 heteroatoms. The predicted octanol–water partition coefficient (Wildman–Crippen LogP) is 2.58. The molecule has 0 saturated carbocycles. The van der Waals surface area contributed by atoms with Gasteiger partial charge in [-0.15, -0.1) is 0 Å². The predicted molar refractivity (Wildman–Crippen MR) is 70.3 cm³/mol. The van der Waals surface area contributed by atoms with Gasteiger partial charge in [0.2, 0.25) is 0 Å². The largest absolute Gasteiger partial charge is 0.462 e. The number of rotatable bonds is 7. The zero-order chi connectivity index (χ0) is 12.1. The van der Waals surface area contributed by atoms with Crippen LogP contribution in [0.15, 0.2) is 12.2 Å². The molecule has 2 nitrogen and oxygen atoms in total. The SMILES string of the molecule is C=C(CC)C(=O)OCCCCCC.[SiH3]Cl. The molecule has 0 bridgehead atoms. The summed E-state index contributed by atoms with van der Waals surface area (Å²) in [6.07, 6.45) is 5.20. The van der Waals surface area contributed by atoms with Crippen molar-refractivity contribution in [2.75, 3.05) is 6.61 Å². The van der Waals surface area contributed by atoms with E-state index in [1.807, 2.05) is 6.92 Å². The van der Waals surface area contributed by atoms with Crippen molar-refractivity contribution in [1.82, 2.24) is 0 Å². The number of unbranched alkanes of at least 4 members (excludes halogenated alkanes) is 3. The van der Waals surface area contributed by atoms with E-state index in [1.165, 1.54) is 12.8 Å². The summed E-state index contributed by atoms with van der Waals surface area (Å²) in [5.74, 6) is -0.237. The van der Waals surface area contributed by atoms with Crippen molar-refractivity contribution in [3.8, 4) is 0 Å². The van der Waals surface area contributed by atoms with Crippen LogP contribution >= 0.6 is 11.1 Å².